The molecular formula is C21H23F2N3O2S. The zero-order valence-corrected chi connectivity index (χ0v) is 16.9. The number of nitrogens with one attached hydrogen (secondary N) is 2. The Morgan fingerprint density at radius 1 is 1.03 bits per heavy atom. The number of amides is 2. The molecule has 0 unspecified atom stereocenters. The van der Waals surface area contributed by atoms with E-state index < -0.39 is 23.2 Å². The van der Waals surface area contributed by atoms with Crippen molar-refractivity contribution >= 4 is 35.0 Å². The molecule has 0 saturated heterocycles. The number of nitrogens with zero attached hydrogens (tertiary/aromatic N) is 1. The normalized spacial score (nSPS) is 10.6. The number of rotatable bonds is 10. The third kappa shape index (κ3) is 6.99. The Hall–Kier alpha value is -2.71. The van der Waals surface area contributed by atoms with Gasteiger partial charge in [0.25, 0.3) is 0 Å². The van der Waals surface area contributed by atoms with Crippen molar-refractivity contribution in [3.63, 3.8) is 0 Å². The SMILES string of the molecule is C=CCSc1ccccc1NC(=O)CN(CC)CC(=O)Nc1c(F)cccc1F. The second kappa shape index (κ2) is 11.3. The van der Waals surface area contributed by atoms with Crippen LogP contribution in [0, 0.1) is 11.6 Å². The molecule has 0 spiro atoms. The van der Waals surface area contributed by atoms with Crippen LogP contribution in [0.4, 0.5) is 20.2 Å². The summed E-state index contributed by atoms with van der Waals surface area (Å²) in [6.45, 7) is 5.67. The van der Waals surface area contributed by atoms with Crippen molar-refractivity contribution in [2.75, 3.05) is 36.0 Å². The highest BCUT2D eigenvalue weighted by atomic mass is 32.2. The van der Waals surface area contributed by atoms with Gasteiger partial charge in [0.1, 0.15) is 17.3 Å². The number of thioether (sulfide) groups is 1. The number of benzene rings is 2. The van der Waals surface area contributed by atoms with E-state index in [1.54, 1.807) is 35.7 Å². The van der Waals surface area contributed by atoms with Crippen LogP contribution in [0.15, 0.2) is 60.0 Å². The lowest BCUT2D eigenvalue weighted by molar-refractivity contribution is -0.120. The molecule has 0 bridgehead atoms. The standard InChI is InChI=1S/C21H23F2N3O2S/c1-3-12-29-18-11-6-5-10-17(18)24-19(27)13-26(4-2)14-20(28)25-21-15(22)8-7-9-16(21)23/h3,5-11H,1,4,12-14H2,2H3,(H,24,27)(H,25,28). The van der Waals surface area contributed by atoms with E-state index >= 15 is 0 Å². The molecule has 0 aromatic heterocycles. The number of halogens is 2. The van der Waals surface area contributed by atoms with E-state index in [2.05, 4.69) is 17.2 Å². The van der Waals surface area contributed by atoms with Gasteiger partial charge in [-0.15, -0.1) is 18.3 Å². The van der Waals surface area contributed by atoms with Crippen LogP contribution in [-0.4, -0.2) is 42.1 Å². The van der Waals surface area contributed by atoms with Crippen molar-refractivity contribution in [2.24, 2.45) is 0 Å². The summed E-state index contributed by atoms with van der Waals surface area (Å²) in [5.41, 5.74) is 0.185. The predicted molar refractivity (Wildman–Crippen MR) is 113 cm³/mol. The minimum Gasteiger partial charge on any atom is -0.324 e. The molecule has 154 valence electrons. The van der Waals surface area contributed by atoms with E-state index in [9.17, 15) is 18.4 Å². The molecule has 5 nitrogen and oxygen atoms in total. The van der Waals surface area contributed by atoms with Crippen molar-refractivity contribution in [2.45, 2.75) is 11.8 Å². The van der Waals surface area contributed by atoms with Gasteiger partial charge in [-0.3, -0.25) is 14.5 Å². The van der Waals surface area contributed by atoms with Gasteiger partial charge < -0.3 is 10.6 Å². The Morgan fingerprint density at radius 2 is 1.66 bits per heavy atom. The summed E-state index contributed by atoms with van der Waals surface area (Å²) >= 11 is 1.55. The van der Waals surface area contributed by atoms with Crippen molar-refractivity contribution in [3.8, 4) is 0 Å². The van der Waals surface area contributed by atoms with Gasteiger partial charge in [-0.1, -0.05) is 31.2 Å². The van der Waals surface area contributed by atoms with Crippen molar-refractivity contribution in [1.29, 1.82) is 0 Å². The lowest BCUT2D eigenvalue weighted by Gasteiger charge is -2.20. The lowest BCUT2D eigenvalue weighted by Crippen LogP contribution is -2.38. The molecule has 0 saturated carbocycles. The van der Waals surface area contributed by atoms with E-state index in [0.717, 1.165) is 17.0 Å². The van der Waals surface area contributed by atoms with Crippen LogP contribution in [-0.2, 0) is 9.59 Å². The van der Waals surface area contributed by atoms with E-state index in [1.807, 2.05) is 18.2 Å². The maximum atomic E-state index is 13.7. The van der Waals surface area contributed by atoms with Crippen LogP contribution in [0.25, 0.3) is 0 Å². The molecule has 2 rings (SSSR count). The van der Waals surface area contributed by atoms with Gasteiger partial charge in [-0.2, -0.15) is 0 Å². The van der Waals surface area contributed by atoms with Crippen molar-refractivity contribution in [3.05, 3.63) is 66.8 Å². The topological polar surface area (TPSA) is 61.4 Å². The maximum absolute atomic E-state index is 13.7. The number of carbonyl (C=O) groups excluding carboxylic acids is 2. The molecule has 29 heavy (non-hydrogen) atoms. The third-order valence-electron chi connectivity index (χ3n) is 3.93. The van der Waals surface area contributed by atoms with Crippen molar-refractivity contribution in [1.82, 2.24) is 4.90 Å². The molecule has 0 aliphatic heterocycles. The van der Waals surface area contributed by atoms with Crippen LogP contribution in [0.5, 0.6) is 0 Å². The Balaban J connectivity index is 1.95. The number of para-hydroxylation sites is 2. The molecule has 2 aromatic rings. The van der Waals surface area contributed by atoms with Gasteiger partial charge in [-0.25, -0.2) is 8.78 Å². The summed E-state index contributed by atoms with van der Waals surface area (Å²) in [6.07, 6.45) is 1.78. The first kappa shape index (κ1) is 22.6. The Labute approximate surface area is 173 Å². The summed E-state index contributed by atoms with van der Waals surface area (Å²) in [7, 11) is 0. The highest BCUT2D eigenvalue weighted by Crippen LogP contribution is 2.26. The van der Waals surface area contributed by atoms with Crippen molar-refractivity contribution < 1.29 is 18.4 Å². The fourth-order valence-electron chi connectivity index (χ4n) is 2.52. The predicted octanol–water partition coefficient (Wildman–Crippen LogP) is 4.14. The van der Waals surface area contributed by atoms with Crippen LogP contribution in [0.1, 0.15) is 6.92 Å². The first-order valence-corrected chi connectivity index (χ1v) is 10.0. The average Bonchev–Trinajstić information content (AvgIpc) is 2.69. The van der Waals surface area contributed by atoms with E-state index in [4.69, 9.17) is 0 Å². The molecule has 0 radical (unpaired) electrons. The molecule has 2 N–H and O–H groups in total. The van der Waals surface area contributed by atoms with Gasteiger partial charge >= 0.3 is 0 Å². The minimum absolute atomic E-state index is 0.0376. The number of anilines is 2. The summed E-state index contributed by atoms with van der Waals surface area (Å²) in [5.74, 6) is -1.89. The van der Waals surface area contributed by atoms with Crippen LogP contribution in [0.3, 0.4) is 0 Å². The number of carbonyl (C=O) groups is 2. The molecule has 0 fully saturated rings. The van der Waals surface area contributed by atoms with Crippen LogP contribution >= 0.6 is 11.8 Å². The quantitative estimate of drug-likeness (QED) is 0.449. The summed E-state index contributed by atoms with van der Waals surface area (Å²) in [6, 6.07) is 10.7. The molecule has 0 aliphatic carbocycles. The molecule has 0 heterocycles. The van der Waals surface area contributed by atoms with Gasteiger partial charge in [-0.05, 0) is 30.8 Å². The Morgan fingerprint density at radius 3 is 2.28 bits per heavy atom. The monoisotopic (exact) mass is 419 g/mol. The lowest BCUT2D eigenvalue weighted by atomic mass is 10.3. The van der Waals surface area contributed by atoms with Gasteiger partial charge in [0.2, 0.25) is 11.8 Å². The minimum atomic E-state index is -0.854. The average molecular weight is 419 g/mol. The zero-order valence-electron chi connectivity index (χ0n) is 16.1. The zero-order chi connectivity index (χ0) is 21.2. The number of hydrogen-bond donors (Lipinski definition) is 2. The first-order valence-electron chi connectivity index (χ1n) is 9.03. The summed E-state index contributed by atoms with van der Waals surface area (Å²) in [5, 5.41) is 5.06. The van der Waals surface area contributed by atoms with Crippen LogP contribution < -0.4 is 10.6 Å². The number of likely N-dealkylation sites (N-methyl/N-ethyl adjacent to an activating group) is 1. The summed E-state index contributed by atoms with van der Waals surface area (Å²) < 4.78 is 27.3. The van der Waals surface area contributed by atoms with Gasteiger partial charge in [0, 0.05) is 10.6 Å². The second-order valence-corrected chi connectivity index (χ2v) is 7.15. The molecule has 8 heteroatoms. The van der Waals surface area contributed by atoms with Gasteiger partial charge in [0.15, 0.2) is 0 Å². The summed E-state index contributed by atoms with van der Waals surface area (Å²) in [4.78, 5) is 27.1. The maximum Gasteiger partial charge on any atom is 0.238 e. The highest BCUT2D eigenvalue weighted by molar-refractivity contribution is 7.99. The molecule has 2 amide bonds. The first-order chi connectivity index (χ1) is 13.9. The molecule has 0 atom stereocenters. The fourth-order valence-corrected chi connectivity index (χ4v) is 3.26. The Kier molecular flexibility index (Phi) is 8.82. The fraction of sp³-hybridized carbons (Fsp3) is 0.238. The third-order valence-corrected chi connectivity index (χ3v) is 5.00. The largest absolute Gasteiger partial charge is 0.324 e. The smallest absolute Gasteiger partial charge is 0.238 e. The van der Waals surface area contributed by atoms with Gasteiger partial charge in [0.05, 0.1) is 18.8 Å². The molecular weight excluding hydrogens is 396 g/mol. The molecule has 0 aliphatic rings. The van der Waals surface area contributed by atoms with E-state index in [0.29, 0.717) is 18.0 Å². The Bertz CT molecular complexity index is 857. The van der Waals surface area contributed by atoms with E-state index in [1.165, 1.54) is 6.07 Å². The number of hydrogen-bond acceptors (Lipinski definition) is 4. The van der Waals surface area contributed by atoms with E-state index in [-0.39, 0.29) is 19.0 Å². The molecule has 2 aromatic carbocycles. The second-order valence-electron chi connectivity index (χ2n) is 6.09. The highest BCUT2D eigenvalue weighted by Gasteiger charge is 2.17. The van der Waals surface area contributed by atoms with Crippen LogP contribution in [0.2, 0.25) is 0 Å².